The second-order valence-corrected chi connectivity index (χ2v) is 7.70. The highest BCUT2D eigenvalue weighted by Crippen LogP contribution is 2.22. The molecule has 0 saturated heterocycles. The molecule has 0 radical (unpaired) electrons. The minimum absolute atomic E-state index is 0.0501. The number of benzene rings is 2. The number of likely N-dealkylation sites (N-methyl/N-ethyl adjacent to an activating group) is 1. The molecule has 0 aliphatic carbocycles. The van der Waals surface area contributed by atoms with E-state index in [-0.39, 0.29) is 24.9 Å². The number of hydrogen-bond donors (Lipinski definition) is 2. The minimum Gasteiger partial charge on any atom is -0.365 e. The third-order valence-electron chi connectivity index (χ3n) is 4.75. The summed E-state index contributed by atoms with van der Waals surface area (Å²) in [5.74, 6) is 0.0115. The van der Waals surface area contributed by atoms with Gasteiger partial charge in [-0.1, -0.05) is 43.7 Å². The van der Waals surface area contributed by atoms with E-state index < -0.39 is 0 Å². The van der Waals surface area contributed by atoms with Gasteiger partial charge in [0, 0.05) is 18.4 Å². The number of rotatable bonds is 7. The van der Waals surface area contributed by atoms with Gasteiger partial charge in [0.2, 0.25) is 11.8 Å². The number of nitrogens with one attached hydrogen (secondary N) is 2. The fraction of sp³-hybridized carbons (Fsp3) is 0.391. The van der Waals surface area contributed by atoms with Crippen LogP contribution in [0.1, 0.15) is 42.0 Å². The molecule has 2 rings (SSSR count). The Kier molecular flexibility index (Phi) is 7.21. The molecule has 0 atom stereocenters. The molecule has 0 aliphatic rings. The number of nitrogens with zero attached hydrogens (tertiary/aromatic N) is 1. The summed E-state index contributed by atoms with van der Waals surface area (Å²) in [5.41, 5.74) is 6.21. The van der Waals surface area contributed by atoms with E-state index in [1.807, 2.05) is 57.0 Å². The molecule has 28 heavy (non-hydrogen) atoms. The third-order valence-corrected chi connectivity index (χ3v) is 4.75. The lowest BCUT2D eigenvalue weighted by atomic mass is 10.0. The van der Waals surface area contributed by atoms with Gasteiger partial charge in [-0.2, -0.15) is 0 Å². The van der Waals surface area contributed by atoms with Crippen molar-refractivity contribution in [2.24, 2.45) is 0 Å². The molecule has 0 aromatic heterocycles. The summed E-state index contributed by atoms with van der Waals surface area (Å²) in [6.45, 7) is 10.4. The van der Waals surface area contributed by atoms with Crippen LogP contribution in [0, 0.1) is 20.8 Å². The first-order valence-electron chi connectivity index (χ1n) is 9.63. The van der Waals surface area contributed by atoms with Crippen LogP contribution in [-0.2, 0) is 9.59 Å². The number of amides is 2. The second-order valence-electron chi connectivity index (χ2n) is 7.70. The molecule has 2 N–H and O–H groups in total. The fourth-order valence-corrected chi connectivity index (χ4v) is 3.22. The molecule has 0 spiro atoms. The topological polar surface area (TPSA) is 61.4 Å². The molecule has 150 valence electrons. The first-order chi connectivity index (χ1) is 13.2. The van der Waals surface area contributed by atoms with E-state index in [4.69, 9.17) is 0 Å². The lowest BCUT2D eigenvalue weighted by molar-refractivity contribution is -0.123. The monoisotopic (exact) mass is 381 g/mol. The summed E-state index contributed by atoms with van der Waals surface area (Å²) in [5, 5.41) is 5.60. The van der Waals surface area contributed by atoms with Crippen LogP contribution in [0.4, 0.5) is 11.4 Å². The quantitative estimate of drug-likeness (QED) is 0.764. The maximum absolute atomic E-state index is 12.2. The van der Waals surface area contributed by atoms with Crippen LogP contribution >= 0.6 is 0 Å². The number of hydrogen-bond acceptors (Lipinski definition) is 3. The van der Waals surface area contributed by atoms with Crippen molar-refractivity contribution in [3.8, 4) is 0 Å². The zero-order chi connectivity index (χ0) is 20.8. The number of aryl methyl sites for hydroxylation is 3. The SMILES string of the molecule is Cc1cc(C)c(NC(=O)CNC(=O)CN(C)c2cccc(C(C)C)c2)c(C)c1. The van der Waals surface area contributed by atoms with Gasteiger partial charge >= 0.3 is 0 Å². The first kappa shape index (κ1) is 21.5. The Morgan fingerprint density at radius 2 is 1.64 bits per heavy atom. The summed E-state index contributed by atoms with van der Waals surface area (Å²) in [4.78, 5) is 26.4. The van der Waals surface area contributed by atoms with Gasteiger partial charge < -0.3 is 15.5 Å². The summed E-state index contributed by atoms with van der Waals surface area (Å²) in [6, 6.07) is 12.2. The molecule has 0 heterocycles. The Morgan fingerprint density at radius 3 is 2.25 bits per heavy atom. The van der Waals surface area contributed by atoms with Crippen molar-refractivity contribution in [2.75, 3.05) is 30.4 Å². The lowest BCUT2D eigenvalue weighted by Gasteiger charge is -2.20. The van der Waals surface area contributed by atoms with Crippen molar-refractivity contribution in [3.05, 3.63) is 58.7 Å². The first-order valence-corrected chi connectivity index (χ1v) is 9.63. The van der Waals surface area contributed by atoms with Crippen LogP contribution in [0.2, 0.25) is 0 Å². The number of carbonyl (C=O) groups is 2. The van der Waals surface area contributed by atoms with Crippen molar-refractivity contribution in [1.29, 1.82) is 0 Å². The molecule has 5 nitrogen and oxygen atoms in total. The smallest absolute Gasteiger partial charge is 0.243 e. The molecule has 0 unspecified atom stereocenters. The lowest BCUT2D eigenvalue weighted by Crippen LogP contribution is -2.39. The Morgan fingerprint density at radius 1 is 1.00 bits per heavy atom. The number of carbonyl (C=O) groups excluding carboxylic acids is 2. The summed E-state index contributed by atoms with van der Waals surface area (Å²) < 4.78 is 0. The molecular weight excluding hydrogens is 350 g/mol. The highest BCUT2D eigenvalue weighted by atomic mass is 16.2. The van der Waals surface area contributed by atoms with Gasteiger partial charge in [0.05, 0.1) is 13.1 Å². The van der Waals surface area contributed by atoms with Crippen LogP contribution in [0.25, 0.3) is 0 Å². The van der Waals surface area contributed by atoms with Crippen molar-refractivity contribution in [1.82, 2.24) is 5.32 Å². The van der Waals surface area contributed by atoms with E-state index in [1.54, 1.807) is 0 Å². The van der Waals surface area contributed by atoms with Gasteiger partial charge in [0.1, 0.15) is 0 Å². The molecule has 2 amide bonds. The largest absolute Gasteiger partial charge is 0.365 e. The van der Waals surface area contributed by atoms with Crippen LogP contribution in [0.3, 0.4) is 0 Å². The van der Waals surface area contributed by atoms with E-state index in [0.29, 0.717) is 5.92 Å². The summed E-state index contributed by atoms with van der Waals surface area (Å²) in [6.07, 6.45) is 0. The molecule has 2 aromatic carbocycles. The van der Waals surface area contributed by atoms with Gasteiger partial charge in [-0.05, 0) is 55.5 Å². The fourth-order valence-electron chi connectivity index (χ4n) is 3.22. The van der Waals surface area contributed by atoms with Gasteiger partial charge in [-0.3, -0.25) is 9.59 Å². The minimum atomic E-state index is -0.229. The second kappa shape index (κ2) is 9.40. The summed E-state index contributed by atoms with van der Waals surface area (Å²) >= 11 is 0. The van der Waals surface area contributed by atoms with Gasteiger partial charge in [-0.25, -0.2) is 0 Å². The zero-order valence-electron chi connectivity index (χ0n) is 17.7. The maximum atomic E-state index is 12.2. The van der Waals surface area contributed by atoms with Crippen LogP contribution in [0.5, 0.6) is 0 Å². The van der Waals surface area contributed by atoms with E-state index in [9.17, 15) is 9.59 Å². The molecule has 0 aliphatic heterocycles. The average molecular weight is 382 g/mol. The highest BCUT2D eigenvalue weighted by Gasteiger charge is 2.12. The zero-order valence-corrected chi connectivity index (χ0v) is 17.7. The van der Waals surface area contributed by atoms with Gasteiger partial charge in [0.25, 0.3) is 0 Å². The van der Waals surface area contributed by atoms with Gasteiger partial charge in [-0.15, -0.1) is 0 Å². The third kappa shape index (κ3) is 5.84. The summed E-state index contributed by atoms with van der Waals surface area (Å²) in [7, 11) is 1.87. The molecule has 0 saturated carbocycles. The Balaban J connectivity index is 1.88. The Bertz CT molecular complexity index is 836. The van der Waals surface area contributed by atoms with E-state index in [2.05, 4.69) is 36.6 Å². The highest BCUT2D eigenvalue weighted by molar-refractivity contribution is 5.96. The van der Waals surface area contributed by atoms with Crippen molar-refractivity contribution in [3.63, 3.8) is 0 Å². The molecule has 0 fully saturated rings. The standard InChI is InChI=1S/C23H31N3O2/c1-15(2)19-8-7-9-20(12-19)26(6)14-22(28)24-13-21(27)25-23-17(4)10-16(3)11-18(23)5/h7-12,15H,13-14H2,1-6H3,(H,24,28)(H,25,27). The molecular formula is C23H31N3O2. The van der Waals surface area contributed by atoms with Crippen LogP contribution in [-0.4, -0.2) is 32.0 Å². The molecule has 2 aromatic rings. The van der Waals surface area contributed by atoms with E-state index in [0.717, 1.165) is 28.1 Å². The van der Waals surface area contributed by atoms with Crippen molar-refractivity contribution in [2.45, 2.75) is 40.5 Å². The van der Waals surface area contributed by atoms with Gasteiger partial charge in [0.15, 0.2) is 0 Å². The Labute approximate surface area is 168 Å². The van der Waals surface area contributed by atoms with Crippen molar-refractivity contribution >= 4 is 23.2 Å². The van der Waals surface area contributed by atoms with Crippen molar-refractivity contribution < 1.29 is 9.59 Å². The normalized spacial score (nSPS) is 10.7. The van der Waals surface area contributed by atoms with E-state index >= 15 is 0 Å². The Hall–Kier alpha value is -2.82. The molecule has 0 bridgehead atoms. The number of anilines is 2. The predicted octanol–water partition coefficient (Wildman–Crippen LogP) is 3.93. The predicted molar refractivity (Wildman–Crippen MR) is 116 cm³/mol. The molecule has 5 heteroatoms. The van der Waals surface area contributed by atoms with Crippen LogP contribution in [0.15, 0.2) is 36.4 Å². The van der Waals surface area contributed by atoms with Crippen LogP contribution < -0.4 is 15.5 Å². The van der Waals surface area contributed by atoms with E-state index in [1.165, 1.54) is 5.56 Å². The maximum Gasteiger partial charge on any atom is 0.243 e. The average Bonchev–Trinajstić information content (AvgIpc) is 2.63.